The van der Waals surface area contributed by atoms with Gasteiger partial charge in [-0.3, -0.25) is 9.05 Å². The predicted molar refractivity (Wildman–Crippen MR) is 69.0 cm³/mol. The minimum atomic E-state index is -3.35. The quantitative estimate of drug-likeness (QED) is 0.776. The number of rotatable bonds is 2. The molecule has 0 saturated carbocycles. The van der Waals surface area contributed by atoms with Gasteiger partial charge in [0.15, 0.2) is 0 Å². The molecule has 18 heavy (non-hydrogen) atoms. The lowest BCUT2D eigenvalue weighted by Gasteiger charge is -2.31. The molecule has 0 radical (unpaired) electrons. The smallest absolute Gasteiger partial charge is 0.333 e. The maximum absolute atomic E-state index is 12.3. The van der Waals surface area contributed by atoms with Gasteiger partial charge in [0, 0.05) is 18.2 Å². The number of pyridine rings is 1. The molecule has 2 rings (SSSR count). The van der Waals surface area contributed by atoms with Gasteiger partial charge in [-0.05, 0) is 19.1 Å². The molecule has 1 saturated heterocycles. The molecule has 1 aliphatic heterocycles. The highest BCUT2D eigenvalue weighted by atomic mass is 31.2. The first-order chi connectivity index (χ1) is 8.44. The van der Waals surface area contributed by atoms with E-state index in [4.69, 9.17) is 9.05 Å². The Morgan fingerprint density at radius 3 is 2.67 bits per heavy atom. The van der Waals surface area contributed by atoms with Crippen molar-refractivity contribution in [2.75, 3.05) is 13.2 Å². The van der Waals surface area contributed by atoms with Crippen LogP contribution in [0.1, 0.15) is 20.8 Å². The Balaban J connectivity index is 2.30. The molecule has 5 nitrogen and oxygen atoms in total. The highest BCUT2D eigenvalue weighted by Gasteiger charge is 2.36. The Morgan fingerprint density at radius 1 is 1.39 bits per heavy atom. The van der Waals surface area contributed by atoms with Crippen LogP contribution in [0.3, 0.4) is 0 Å². The Bertz CT molecular complexity index is 522. The molecular weight excluding hydrogens is 251 g/mol. The topological polar surface area (TPSA) is 52.8 Å². The molecule has 0 spiro atoms. The fourth-order valence-electron chi connectivity index (χ4n) is 1.60. The first-order valence-corrected chi connectivity index (χ1v) is 7.55. The van der Waals surface area contributed by atoms with Gasteiger partial charge in [0.2, 0.25) is 0 Å². The Labute approximate surface area is 107 Å². The minimum Gasteiger partial charge on any atom is -0.333 e. The van der Waals surface area contributed by atoms with Crippen LogP contribution in [0.15, 0.2) is 29.2 Å². The van der Waals surface area contributed by atoms with E-state index in [9.17, 15) is 4.57 Å². The summed E-state index contributed by atoms with van der Waals surface area (Å²) in [5.74, 6) is 0. The molecule has 1 aromatic rings. The van der Waals surface area contributed by atoms with Crippen molar-refractivity contribution in [1.29, 1.82) is 0 Å². The van der Waals surface area contributed by atoms with Crippen molar-refractivity contribution in [2.45, 2.75) is 27.3 Å². The highest BCUT2D eigenvalue weighted by molar-refractivity contribution is 7.52. The van der Waals surface area contributed by atoms with Crippen LogP contribution in [0.5, 0.6) is 0 Å². The number of aromatic nitrogens is 1. The van der Waals surface area contributed by atoms with Gasteiger partial charge >= 0.3 is 7.75 Å². The minimum absolute atomic E-state index is 0.110. The Kier molecular flexibility index (Phi) is 3.76. The van der Waals surface area contributed by atoms with Crippen LogP contribution in [-0.2, 0) is 20.2 Å². The third kappa shape index (κ3) is 3.10. The molecule has 1 aliphatic rings. The number of nitrogens with zero attached hydrogens (tertiary/aromatic N) is 2. The molecule has 0 aliphatic carbocycles. The highest BCUT2D eigenvalue weighted by Crippen LogP contribution is 2.54. The molecule has 0 N–H and O–H groups in total. The van der Waals surface area contributed by atoms with Gasteiger partial charge < -0.3 is 4.57 Å². The second kappa shape index (κ2) is 5.00. The van der Waals surface area contributed by atoms with Gasteiger partial charge in [-0.25, -0.2) is 4.57 Å². The maximum Gasteiger partial charge on any atom is 0.455 e. The van der Waals surface area contributed by atoms with E-state index < -0.39 is 7.75 Å². The van der Waals surface area contributed by atoms with Gasteiger partial charge in [0.25, 0.3) is 0 Å². The lowest BCUT2D eigenvalue weighted by molar-refractivity contribution is 0.0413. The zero-order chi connectivity index (χ0) is 13.2. The third-order valence-corrected chi connectivity index (χ3v) is 4.08. The molecule has 6 heteroatoms. The van der Waals surface area contributed by atoms with Crippen molar-refractivity contribution < 1.29 is 13.6 Å². The number of aryl methyl sites for hydroxylation is 1. The average Bonchev–Trinajstić information content (AvgIpc) is 2.34. The monoisotopic (exact) mass is 270 g/mol. The summed E-state index contributed by atoms with van der Waals surface area (Å²) in [5, 5.41) is 0. The second-order valence-corrected chi connectivity index (χ2v) is 6.78. The fourth-order valence-corrected chi connectivity index (χ4v) is 3.25. The first kappa shape index (κ1) is 13.5. The summed E-state index contributed by atoms with van der Waals surface area (Å²) in [6, 6.07) is 5.56. The van der Waals surface area contributed by atoms with Gasteiger partial charge in [0.05, 0.1) is 13.2 Å². The summed E-state index contributed by atoms with van der Waals surface area (Å²) >= 11 is 0. The van der Waals surface area contributed by atoms with E-state index in [1.54, 1.807) is 6.07 Å². The summed E-state index contributed by atoms with van der Waals surface area (Å²) in [6.07, 6.45) is 1.89. The Hall–Kier alpha value is -0.900. The van der Waals surface area contributed by atoms with E-state index in [-0.39, 0.29) is 5.41 Å². The molecular formula is C12H19N2O3P. The fraction of sp³-hybridized carbons (Fsp3) is 0.583. The van der Waals surface area contributed by atoms with E-state index in [0.29, 0.717) is 18.7 Å². The molecule has 0 amide bonds. The van der Waals surface area contributed by atoms with Gasteiger partial charge in [-0.2, -0.15) is 4.76 Å². The summed E-state index contributed by atoms with van der Waals surface area (Å²) in [7, 11) is -3.35. The van der Waals surface area contributed by atoms with Gasteiger partial charge in [-0.15, -0.1) is 0 Å². The van der Waals surface area contributed by atoms with Crippen LogP contribution in [0.4, 0.5) is 0 Å². The molecule has 1 fully saturated rings. The van der Waals surface area contributed by atoms with Crippen LogP contribution in [0.2, 0.25) is 0 Å². The SMILES string of the molecule is CCn1cccc/c1=N\P1(=O)OCC(C)(C)CO1. The van der Waals surface area contributed by atoms with Gasteiger partial charge in [0.1, 0.15) is 5.49 Å². The summed E-state index contributed by atoms with van der Waals surface area (Å²) in [5.41, 5.74) is 0.504. The largest absolute Gasteiger partial charge is 0.455 e. The van der Waals surface area contributed by atoms with Crippen molar-refractivity contribution in [3.63, 3.8) is 0 Å². The standard InChI is InChI=1S/C12H19N2O3P/c1-4-14-8-6-5-7-11(14)13-18(15)16-9-12(2,3)10-17-18/h5-8H,4,9-10H2,1-3H3/b13-11+. The van der Waals surface area contributed by atoms with Crippen molar-refractivity contribution in [2.24, 2.45) is 10.2 Å². The number of hydrogen-bond acceptors (Lipinski definition) is 3. The molecule has 0 bridgehead atoms. The second-order valence-electron chi connectivity index (χ2n) is 5.12. The lowest BCUT2D eigenvalue weighted by atomic mass is 9.97. The van der Waals surface area contributed by atoms with Crippen LogP contribution in [0.25, 0.3) is 0 Å². The van der Waals surface area contributed by atoms with Crippen LogP contribution >= 0.6 is 7.75 Å². The van der Waals surface area contributed by atoms with E-state index in [2.05, 4.69) is 4.76 Å². The molecule has 1 aromatic heterocycles. The van der Waals surface area contributed by atoms with Crippen molar-refractivity contribution in [3.8, 4) is 0 Å². The third-order valence-electron chi connectivity index (χ3n) is 2.72. The molecule has 0 aromatic carbocycles. The Morgan fingerprint density at radius 2 is 2.06 bits per heavy atom. The van der Waals surface area contributed by atoms with Gasteiger partial charge in [-0.1, -0.05) is 19.9 Å². The van der Waals surface area contributed by atoms with Crippen LogP contribution in [0, 0.1) is 5.41 Å². The van der Waals surface area contributed by atoms with Crippen LogP contribution < -0.4 is 5.49 Å². The molecule has 2 heterocycles. The van der Waals surface area contributed by atoms with Crippen molar-refractivity contribution in [3.05, 3.63) is 29.9 Å². The lowest BCUT2D eigenvalue weighted by Crippen LogP contribution is -2.29. The summed E-state index contributed by atoms with van der Waals surface area (Å²) in [6.45, 7) is 7.56. The molecule has 0 atom stereocenters. The molecule has 100 valence electrons. The summed E-state index contributed by atoms with van der Waals surface area (Å²) < 4.78 is 29.1. The maximum atomic E-state index is 12.3. The van der Waals surface area contributed by atoms with E-state index in [1.807, 2.05) is 43.7 Å². The van der Waals surface area contributed by atoms with Crippen LogP contribution in [-0.4, -0.2) is 17.8 Å². The van der Waals surface area contributed by atoms with Crippen molar-refractivity contribution >= 4 is 7.75 Å². The normalized spacial score (nSPS) is 22.9. The summed E-state index contributed by atoms with van der Waals surface area (Å²) in [4.78, 5) is 0. The number of hydrogen-bond donors (Lipinski definition) is 0. The van der Waals surface area contributed by atoms with E-state index in [1.165, 1.54) is 0 Å². The zero-order valence-electron chi connectivity index (χ0n) is 11.0. The molecule has 0 unspecified atom stereocenters. The van der Waals surface area contributed by atoms with Crippen molar-refractivity contribution in [1.82, 2.24) is 4.57 Å². The zero-order valence-corrected chi connectivity index (χ0v) is 11.9. The van der Waals surface area contributed by atoms with E-state index in [0.717, 1.165) is 6.54 Å². The average molecular weight is 270 g/mol. The predicted octanol–water partition coefficient (Wildman–Crippen LogP) is 2.59. The first-order valence-electron chi connectivity index (χ1n) is 6.05. The van der Waals surface area contributed by atoms with E-state index >= 15 is 0 Å².